The van der Waals surface area contributed by atoms with Gasteiger partial charge in [0.1, 0.15) is 0 Å². The fraction of sp³-hybridized carbons (Fsp3) is 1.00. The molecule has 1 N–H and O–H groups in total. The van der Waals surface area contributed by atoms with Crippen LogP contribution in [0.2, 0.25) is 0 Å². The maximum absolute atomic E-state index is 14.2. The van der Waals surface area contributed by atoms with E-state index in [1.807, 2.05) is 7.05 Å². The monoisotopic (exact) mass is 246 g/mol. The van der Waals surface area contributed by atoms with Crippen LogP contribution in [0.15, 0.2) is 0 Å². The number of nitrogens with zero attached hydrogens (tertiary/aromatic N) is 1. The Kier molecular flexibility index (Phi) is 4.36. The maximum Gasteiger partial charge on any atom is 0.251 e. The van der Waals surface area contributed by atoms with Crippen molar-refractivity contribution in [3.63, 3.8) is 0 Å². The van der Waals surface area contributed by atoms with Gasteiger partial charge in [-0.3, -0.25) is 0 Å². The van der Waals surface area contributed by atoms with E-state index < -0.39 is 5.92 Å². The highest BCUT2D eigenvalue weighted by Crippen LogP contribution is 2.38. The second-order valence-corrected chi connectivity index (χ2v) is 5.76. The largest absolute Gasteiger partial charge is 0.316 e. The van der Waals surface area contributed by atoms with Gasteiger partial charge in [-0.1, -0.05) is 0 Å². The van der Waals surface area contributed by atoms with Crippen LogP contribution in [-0.4, -0.2) is 44.0 Å². The van der Waals surface area contributed by atoms with Crippen molar-refractivity contribution < 1.29 is 8.78 Å². The van der Waals surface area contributed by atoms with E-state index in [1.165, 1.54) is 0 Å². The fourth-order valence-electron chi connectivity index (χ4n) is 3.08. The van der Waals surface area contributed by atoms with Crippen LogP contribution in [0.25, 0.3) is 0 Å². The van der Waals surface area contributed by atoms with Gasteiger partial charge in [0, 0.05) is 12.3 Å². The molecule has 2 saturated heterocycles. The van der Waals surface area contributed by atoms with Gasteiger partial charge in [0.2, 0.25) is 0 Å². The lowest BCUT2D eigenvalue weighted by Crippen LogP contribution is -2.42. The highest BCUT2D eigenvalue weighted by Gasteiger charge is 2.42. The zero-order valence-corrected chi connectivity index (χ0v) is 10.7. The van der Waals surface area contributed by atoms with Crippen molar-refractivity contribution >= 4 is 0 Å². The van der Waals surface area contributed by atoms with Crippen LogP contribution in [0.4, 0.5) is 8.78 Å². The van der Waals surface area contributed by atoms with Crippen LogP contribution in [-0.2, 0) is 0 Å². The number of piperidine rings is 2. The molecule has 100 valence electrons. The minimum absolute atomic E-state index is 0.0916. The second kappa shape index (κ2) is 5.61. The molecule has 4 heteroatoms. The summed E-state index contributed by atoms with van der Waals surface area (Å²) in [5, 5.41) is 3.23. The molecular weight excluding hydrogens is 222 g/mol. The third kappa shape index (κ3) is 3.62. The van der Waals surface area contributed by atoms with E-state index in [0.717, 1.165) is 39.0 Å². The molecule has 0 aromatic carbocycles. The standard InChI is InChI=1S/C13H24F2N2/c1-17-7-4-12(5-8-17)13(14,15)9-11-3-2-6-16-10-11/h11-12,16H,2-10H2,1H3. The zero-order chi connectivity index (χ0) is 12.3. The topological polar surface area (TPSA) is 15.3 Å². The SMILES string of the molecule is CN1CCC(C(F)(F)CC2CCCNC2)CC1. The molecule has 0 bridgehead atoms. The summed E-state index contributed by atoms with van der Waals surface area (Å²) in [5.74, 6) is -2.66. The molecule has 0 saturated carbocycles. The molecule has 1 unspecified atom stereocenters. The van der Waals surface area contributed by atoms with Crippen molar-refractivity contribution in [1.82, 2.24) is 10.2 Å². The molecule has 0 amide bonds. The first-order valence-corrected chi connectivity index (χ1v) is 6.85. The number of likely N-dealkylation sites (tertiary alicyclic amines) is 1. The van der Waals surface area contributed by atoms with Crippen molar-refractivity contribution in [2.75, 3.05) is 33.2 Å². The van der Waals surface area contributed by atoms with Crippen molar-refractivity contribution in [3.05, 3.63) is 0 Å². The molecule has 2 nitrogen and oxygen atoms in total. The summed E-state index contributed by atoms with van der Waals surface area (Å²) >= 11 is 0. The predicted molar refractivity (Wildman–Crippen MR) is 65.4 cm³/mol. The van der Waals surface area contributed by atoms with Gasteiger partial charge in [0.05, 0.1) is 0 Å². The Morgan fingerprint density at radius 2 is 1.94 bits per heavy atom. The number of nitrogens with one attached hydrogen (secondary N) is 1. The molecule has 0 radical (unpaired) electrons. The van der Waals surface area contributed by atoms with E-state index in [4.69, 9.17) is 0 Å². The minimum atomic E-state index is -2.45. The maximum atomic E-state index is 14.2. The molecule has 2 heterocycles. The first kappa shape index (κ1) is 13.2. The Bertz CT molecular complexity index is 232. The average molecular weight is 246 g/mol. The highest BCUT2D eigenvalue weighted by molar-refractivity contribution is 4.85. The summed E-state index contributed by atoms with van der Waals surface area (Å²) in [5.41, 5.74) is 0. The Hall–Kier alpha value is -0.220. The molecule has 1 atom stereocenters. The van der Waals surface area contributed by atoms with Gasteiger partial charge in [-0.25, -0.2) is 8.78 Å². The lowest BCUT2D eigenvalue weighted by molar-refractivity contribution is -0.0950. The Morgan fingerprint density at radius 1 is 1.24 bits per heavy atom. The highest BCUT2D eigenvalue weighted by atomic mass is 19.3. The quantitative estimate of drug-likeness (QED) is 0.822. The van der Waals surface area contributed by atoms with Gasteiger partial charge in [-0.2, -0.15) is 0 Å². The number of alkyl halides is 2. The summed E-state index contributed by atoms with van der Waals surface area (Å²) in [6.07, 6.45) is 3.42. The van der Waals surface area contributed by atoms with E-state index in [9.17, 15) is 8.78 Å². The summed E-state index contributed by atoms with van der Waals surface area (Å²) in [4.78, 5) is 2.15. The van der Waals surface area contributed by atoms with Crippen LogP contribution < -0.4 is 5.32 Å². The van der Waals surface area contributed by atoms with Crippen molar-refractivity contribution in [3.8, 4) is 0 Å². The first-order valence-electron chi connectivity index (χ1n) is 6.85. The van der Waals surface area contributed by atoms with Crippen LogP contribution in [0, 0.1) is 11.8 Å². The molecule has 0 aliphatic carbocycles. The molecule has 2 aliphatic heterocycles. The van der Waals surface area contributed by atoms with Crippen molar-refractivity contribution in [2.45, 2.75) is 38.0 Å². The van der Waals surface area contributed by atoms with Gasteiger partial charge >= 0.3 is 0 Å². The summed E-state index contributed by atoms with van der Waals surface area (Å²) in [6.45, 7) is 3.42. The van der Waals surface area contributed by atoms with E-state index in [-0.39, 0.29) is 18.3 Å². The van der Waals surface area contributed by atoms with Gasteiger partial charge < -0.3 is 10.2 Å². The molecule has 0 aromatic heterocycles. The van der Waals surface area contributed by atoms with Crippen LogP contribution in [0.1, 0.15) is 32.1 Å². The van der Waals surface area contributed by atoms with E-state index in [1.54, 1.807) is 0 Å². The molecule has 2 rings (SSSR count). The number of hydrogen-bond acceptors (Lipinski definition) is 2. The van der Waals surface area contributed by atoms with Gasteiger partial charge in [-0.05, 0) is 64.8 Å². The number of halogens is 2. The van der Waals surface area contributed by atoms with E-state index in [0.29, 0.717) is 12.8 Å². The molecule has 0 aromatic rings. The molecule has 17 heavy (non-hydrogen) atoms. The predicted octanol–water partition coefficient (Wildman–Crippen LogP) is 2.35. The summed E-state index contributed by atoms with van der Waals surface area (Å²) in [6, 6.07) is 0. The lowest BCUT2D eigenvalue weighted by atomic mass is 9.83. The summed E-state index contributed by atoms with van der Waals surface area (Å²) in [7, 11) is 2.01. The molecular formula is C13H24F2N2. The smallest absolute Gasteiger partial charge is 0.251 e. The van der Waals surface area contributed by atoms with Crippen molar-refractivity contribution in [1.29, 1.82) is 0 Å². The van der Waals surface area contributed by atoms with Crippen LogP contribution >= 0.6 is 0 Å². The van der Waals surface area contributed by atoms with Crippen molar-refractivity contribution in [2.24, 2.45) is 11.8 Å². The van der Waals surface area contributed by atoms with E-state index >= 15 is 0 Å². The molecule has 0 spiro atoms. The third-order valence-electron chi connectivity index (χ3n) is 4.28. The Morgan fingerprint density at radius 3 is 2.53 bits per heavy atom. The average Bonchev–Trinajstić information content (AvgIpc) is 2.30. The molecule has 2 fully saturated rings. The van der Waals surface area contributed by atoms with Crippen LogP contribution in [0.3, 0.4) is 0 Å². The van der Waals surface area contributed by atoms with E-state index in [2.05, 4.69) is 10.2 Å². The number of rotatable bonds is 3. The third-order valence-corrected chi connectivity index (χ3v) is 4.28. The Labute approximate surface area is 103 Å². The van der Waals surface area contributed by atoms with Gasteiger partial charge in [0.25, 0.3) is 5.92 Å². The minimum Gasteiger partial charge on any atom is -0.316 e. The first-order chi connectivity index (χ1) is 8.08. The fourth-order valence-corrected chi connectivity index (χ4v) is 3.08. The van der Waals surface area contributed by atoms with Gasteiger partial charge in [-0.15, -0.1) is 0 Å². The Balaban J connectivity index is 1.84. The van der Waals surface area contributed by atoms with Gasteiger partial charge in [0.15, 0.2) is 0 Å². The zero-order valence-electron chi connectivity index (χ0n) is 10.7. The summed E-state index contributed by atoms with van der Waals surface area (Å²) < 4.78 is 28.3. The number of hydrogen-bond donors (Lipinski definition) is 1. The van der Waals surface area contributed by atoms with Crippen LogP contribution in [0.5, 0.6) is 0 Å². The second-order valence-electron chi connectivity index (χ2n) is 5.76. The lowest BCUT2D eigenvalue weighted by Gasteiger charge is -2.36. The normalized spacial score (nSPS) is 29.5. The molecule has 2 aliphatic rings.